The molecule has 0 atom stereocenters. The van der Waals surface area contributed by atoms with Gasteiger partial charge in [-0.2, -0.15) is 0 Å². The average Bonchev–Trinajstić information content (AvgIpc) is 2.76. The normalized spacial score (nSPS) is 11.7. The third kappa shape index (κ3) is 4.24. The first-order valence-electron chi connectivity index (χ1n) is 10.6. The van der Waals surface area contributed by atoms with Gasteiger partial charge in [0.25, 0.3) is 11.5 Å². The Kier molecular flexibility index (Phi) is 5.53. The lowest BCUT2D eigenvalue weighted by molar-refractivity contribution is 0.0917. The molecule has 0 fully saturated rings. The zero-order valence-corrected chi connectivity index (χ0v) is 19.4. The summed E-state index contributed by atoms with van der Waals surface area (Å²) in [5, 5.41) is 12.0. The second-order valence-electron chi connectivity index (χ2n) is 9.08. The van der Waals surface area contributed by atoms with Crippen LogP contribution in [0.2, 0.25) is 0 Å². The Bertz CT molecular complexity index is 1490. The standard InChI is InChI=1S/C25H27N5O3/c1-15-7-6-12-29-21(15)27-22-19(24(29)32)13-18(23(31)28-25(2,3)4)20(26)30(22)14-16-8-10-17(33-5)11-9-16/h6-13,26H,14H2,1-5H3,(H,28,31). The molecule has 0 radical (unpaired) electrons. The van der Waals surface area contributed by atoms with Crippen molar-refractivity contribution in [1.29, 1.82) is 5.41 Å². The summed E-state index contributed by atoms with van der Waals surface area (Å²) in [7, 11) is 1.60. The van der Waals surface area contributed by atoms with Gasteiger partial charge in [0.15, 0.2) is 0 Å². The highest BCUT2D eigenvalue weighted by Crippen LogP contribution is 2.16. The van der Waals surface area contributed by atoms with E-state index in [4.69, 9.17) is 15.1 Å². The molecule has 0 saturated carbocycles. The zero-order chi connectivity index (χ0) is 23.9. The van der Waals surface area contributed by atoms with Gasteiger partial charge in [-0.25, -0.2) is 4.98 Å². The van der Waals surface area contributed by atoms with Crippen molar-refractivity contribution in [3.05, 3.63) is 81.2 Å². The number of carbonyl (C=O) groups excluding carboxylic acids is 1. The summed E-state index contributed by atoms with van der Waals surface area (Å²) in [6.07, 6.45) is 1.66. The zero-order valence-electron chi connectivity index (χ0n) is 19.4. The average molecular weight is 446 g/mol. The van der Waals surface area contributed by atoms with Crippen molar-refractivity contribution in [3.8, 4) is 5.75 Å². The molecule has 1 amide bonds. The van der Waals surface area contributed by atoms with Gasteiger partial charge in [0.2, 0.25) is 0 Å². The third-order valence-corrected chi connectivity index (χ3v) is 5.37. The number of amides is 1. The van der Waals surface area contributed by atoms with Crippen molar-refractivity contribution in [2.24, 2.45) is 0 Å². The molecule has 33 heavy (non-hydrogen) atoms. The SMILES string of the molecule is COc1ccc(Cn2c(=N)c(C(=O)NC(C)(C)C)cc3c(=O)n4cccc(C)c4nc32)cc1. The van der Waals surface area contributed by atoms with E-state index < -0.39 is 11.4 Å². The number of hydrogen-bond donors (Lipinski definition) is 2. The molecular formula is C25H27N5O3. The van der Waals surface area contributed by atoms with Crippen molar-refractivity contribution >= 4 is 22.6 Å². The van der Waals surface area contributed by atoms with Crippen LogP contribution >= 0.6 is 0 Å². The van der Waals surface area contributed by atoms with Crippen LogP contribution in [0.4, 0.5) is 0 Å². The predicted molar refractivity (Wildman–Crippen MR) is 127 cm³/mol. The van der Waals surface area contributed by atoms with E-state index in [1.54, 1.807) is 23.9 Å². The quantitative estimate of drug-likeness (QED) is 0.472. The summed E-state index contributed by atoms with van der Waals surface area (Å²) >= 11 is 0. The van der Waals surface area contributed by atoms with Gasteiger partial charge in [-0.3, -0.25) is 19.4 Å². The number of fused-ring (bicyclic) bond motifs is 2. The molecule has 2 N–H and O–H groups in total. The maximum Gasteiger partial charge on any atom is 0.267 e. The highest BCUT2D eigenvalue weighted by Gasteiger charge is 2.21. The van der Waals surface area contributed by atoms with E-state index in [1.165, 1.54) is 10.5 Å². The molecule has 3 heterocycles. The molecule has 0 aliphatic rings. The molecule has 0 unspecified atom stereocenters. The van der Waals surface area contributed by atoms with Gasteiger partial charge in [-0.15, -0.1) is 0 Å². The second-order valence-corrected chi connectivity index (χ2v) is 9.08. The van der Waals surface area contributed by atoms with Gasteiger partial charge >= 0.3 is 0 Å². The molecule has 0 aliphatic heterocycles. The fourth-order valence-corrected chi connectivity index (χ4v) is 3.74. The molecule has 0 aliphatic carbocycles. The Balaban J connectivity index is 2.02. The molecule has 3 aromatic heterocycles. The topological polar surface area (TPSA) is 101 Å². The maximum atomic E-state index is 13.4. The van der Waals surface area contributed by atoms with Gasteiger partial charge in [-0.05, 0) is 63.1 Å². The Labute approximate surface area is 191 Å². The Morgan fingerprint density at radius 3 is 2.48 bits per heavy atom. The fourth-order valence-electron chi connectivity index (χ4n) is 3.74. The van der Waals surface area contributed by atoms with Crippen LogP contribution in [-0.4, -0.2) is 32.5 Å². The van der Waals surface area contributed by atoms with Gasteiger partial charge in [0, 0.05) is 11.7 Å². The largest absolute Gasteiger partial charge is 0.497 e. The Hall–Kier alpha value is -3.94. The first kappa shape index (κ1) is 22.3. The lowest BCUT2D eigenvalue weighted by atomic mass is 10.1. The van der Waals surface area contributed by atoms with Crippen molar-refractivity contribution in [2.75, 3.05) is 7.11 Å². The van der Waals surface area contributed by atoms with E-state index in [2.05, 4.69) is 5.32 Å². The number of nitrogens with one attached hydrogen (secondary N) is 2. The smallest absolute Gasteiger partial charge is 0.267 e. The van der Waals surface area contributed by atoms with Crippen molar-refractivity contribution in [3.63, 3.8) is 0 Å². The molecule has 0 saturated heterocycles. The highest BCUT2D eigenvalue weighted by molar-refractivity contribution is 5.97. The van der Waals surface area contributed by atoms with Gasteiger partial charge in [-0.1, -0.05) is 18.2 Å². The number of ether oxygens (including phenoxy) is 1. The molecule has 8 heteroatoms. The number of benzene rings is 1. The van der Waals surface area contributed by atoms with E-state index >= 15 is 0 Å². The van der Waals surface area contributed by atoms with Crippen LogP contribution in [0.25, 0.3) is 16.7 Å². The number of rotatable bonds is 4. The number of methoxy groups -OCH3 is 1. The minimum absolute atomic E-state index is 0.00935. The van der Waals surface area contributed by atoms with E-state index in [9.17, 15) is 9.59 Å². The van der Waals surface area contributed by atoms with Crippen molar-refractivity contribution in [2.45, 2.75) is 39.8 Å². The summed E-state index contributed by atoms with van der Waals surface area (Å²) < 4.78 is 8.32. The van der Waals surface area contributed by atoms with Gasteiger partial charge < -0.3 is 14.6 Å². The first-order chi connectivity index (χ1) is 15.6. The predicted octanol–water partition coefficient (Wildman–Crippen LogP) is 3.02. The molecule has 170 valence electrons. The summed E-state index contributed by atoms with van der Waals surface area (Å²) in [6.45, 7) is 7.76. The van der Waals surface area contributed by atoms with Crippen LogP contribution in [0.5, 0.6) is 5.75 Å². The van der Waals surface area contributed by atoms with Crippen LogP contribution in [-0.2, 0) is 6.54 Å². The Morgan fingerprint density at radius 1 is 1.15 bits per heavy atom. The molecule has 0 bridgehead atoms. The van der Waals surface area contributed by atoms with Crippen LogP contribution in [0.1, 0.15) is 42.3 Å². The lowest BCUT2D eigenvalue weighted by Gasteiger charge is -2.21. The molecular weight excluding hydrogens is 418 g/mol. The molecule has 4 rings (SSSR count). The molecule has 4 aromatic rings. The lowest BCUT2D eigenvalue weighted by Crippen LogP contribution is -2.43. The molecule has 1 aromatic carbocycles. The van der Waals surface area contributed by atoms with E-state index in [0.29, 0.717) is 11.3 Å². The molecule has 0 spiro atoms. The minimum atomic E-state index is -0.493. The van der Waals surface area contributed by atoms with Gasteiger partial charge in [0.05, 0.1) is 24.6 Å². The number of aryl methyl sites for hydroxylation is 1. The van der Waals surface area contributed by atoms with E-state index in [-0.39, 0.29) is 28.5 Å². The van der Waals surface area contributed by atoms with Crippen molar-refractivity contribution in [1.82, 2.24) is 19.3 Å². The fraction of sp³-hybridized carbons (Fsp3) is 0.280. The first-order valence-corrected chi connectivity index (χ1v) is 10.6. The number of hydrogen-bond acceptors (Lipinski definition) is 5. The molecule has 8 nitrogen and oxygen atoms in total. The number of aromatic nitrogens is 3. The Morgan fingerprint density at radius 2 is 1.85 bits per heavy atom. The monoisotopic (exact) mass is 445 g/mol. The summed E-state index contributed by atoms with van der Waals surface area (Å²) in [6, 6.07) is 12.6. The third-order valence-electron chi connectivity index (χ3n) is 5.37. The minimum Gasteiger partial charge on any atom is -0.497 e. The summed E-state index contributed by atoms with van der Waals surface area (Å²) in [5.41, 5.74) is 1.94. The van der Waals surface area contributed by atoms with E-state index in [1.807, 2.05) is 58.0 Å². The number of carbonyl (C=O) groups is 1. The number of nitrogens with zero attached hydrogens (tertiary/aromatic N) is 3. The van der Waals surface area contributed by atoms with Crippen LogP contribution < -0.4 is 21.1 Å². The summed E-state index contributed by atoms with van der Waals surface area (Å²) in [5.74, 6) is 0.308. The van der Waals surface area contributed by atoms with Gasteiger partial charge in [0.1, 0.15) is 22.5 Å². The highest BCUT2D eigenvalue weighted by atomic mass is 16.5. The van der Waals surface area contributed by atoms with Crippen molar-refractivity contribution < 1.29 is 9.53 Å². The van der Waals surface area contributed by atoms with Crippen LogP contribution in [0, 0.1) is 12.3 Å². The maximum absolute atomic E-state index is 13.4. The number of pyridine rings is 2. The van der Waals surface area contributed by atoms with E-state index in [0.717, 1.165) is 16.9 Å². The second kappa shape index (κ2) is 8.20. The van der Waals surface area contributed by atoms with Crippen LogP contribution in [0.3, 0.4) is 0 Å². The van der Waals surface area contributed by atoms with Crippen LogP contribution in [0.15, 0.2) is 53.5 Å². The summed E-state index contributed by atoms with van der Waals surface area (Å²) in [4.78, 5) is 31.2.